The molecule has 106 valence electrons. The van der Waals surface area contributed by atoms with Gasteiger partial charge in [0.25, 0.3) is 0 Å². The van der Waals surface area contributed by atoms with Gasteiger partial charge in [0.1, 0.15) is 0 Å². The molecule has 0 spiro atoms. The highest BCUT2D eigenvalue weighted by molar-refractivity contribution is 9.10. The number of rotatable bonds is 4. The van der Waals surface area contributed by atoms with Crippen LogP contribution in [0.2, 0.25) is 5.02 Å². The quantitative estimate of drug-likeness (QED) is 0.861. The summed E-state index contributed by atoms with van der Waals surface area (Å²) in [5, 5.41) is 13.9. The second kappa shape index (κ2) is 5.51. The van der Waals surface area contributed by atoms with E-state index in [0.29, 0.717) is 11.6 Å². The van der Waals surface area contributed by atoms with Gasteiger partial charge in [0.05, 0.1) is 22.9 Å². The van der Waals surface area contributed by atoms with Gasteiger partial charge in [0.15, 0.2) is 5.75 Å². The molecular formula is C14H19BrClNO2. The number of benzene rings is 1. The van der Waals surface area contributed by atoms with Crippen molar-refractivity contribution in [3.05, 3.63) is 21.6 Å². The second-order valence-electron chi connectivity index (χ2n) is 5.47. The van der Waals surface area contributed by atoms with Crippen LogP contribution in [0, 0.1) is 5.41 Å². The highest BCUT2D eigenvalue weighted by Gasteiger charge is 2.47. The zero-order valence-corrected chi connectivity index (χ0v) is 13.7. The Hall–Kier alpha value is -0.450. The maximum absolute atomic E-state index is 9.80. The van der Waals surface area contributed by atoms with Crippen molar-refractivity contribution in [2.24, 2.45) is 5.41 Å². The molecule has 0 aliphatic heterocycles. The summed E-state index contributed by atoms with van der Waals surface area (Å²) in [5.74, 6) is 0.768. The van der Waals surface area contributed by atoms with Crippen LogP contribution in [-0.2, 0) is 0 Å². The average molecular weight is 349 g/mol. The summed E-state index contributed by atoms with van der Waals surface area (Å²) in [6, 6.07) is 3.89. The Morgan fingerprint density at radius 1 is 1.53 bits per heavy atom. The van der Waals surface area contributed by atoms with Crippen LogP contribution < -0.4 is 10.1 Å². The zero-order chi connectivity index (χ0) is 14.2. The molecule has 1 aromatic carbocycles. The van der Waals surface area contributed by atoms with Crippen LogP contribution in [0.5, 0.6) is 5.75 Å². The molecule has 0 bridgehead atoms. The van der Waals surface area contributed by atoms with E-state index in [1.54, 1.807) is 0 Å². The van der Waals surface area contributed by atoms with Gasteiger partial charge < -0.3 is 15.2 Å². The number of halogens is 2. The fourth-order valence-corrected chi connectivity index (χ4v) is 3.22. The third-order valence-electron chi connectivity index (χ3n) is 3.84. The van der Waals surface area contributed by atoms with E-state index in [2.05, 4.69) is 35.1 Å². The van der Waals surface area contributed by atoms with E-state index in [0.717, 1.165) is 22.3 Å². The molecule has 0 heterocycles. The summed E-state index contributed by atoms with van der Waals surface area (Å²) in [5.41, 5.74) is 0.726. The van der Waals surface area contributed by atoms with E-state index in [-0.39, 0.29) is 17.6 Å². The topological polar surface area (TPSA) is 41.5 Å². The first-order valence-corrected chi connectivity index (χ1v) is 7.59. The average Bonchev–Trinajstić information content (AvgIpc) is 2.33. The lowest BCUT2D eigenvalue weighted by molar-refractivity contribution is -0.0511. The van der Waals surface area contributed by atoms with Crippen molar-refractivity contribution in [2.75, 3.05) is 11.9 Å². The molecule has 2 N–H and O–H groups in total. The van der Waals surface area contributed by atoms with Gasteiger partial charge in [-0.25, -0.2) is 0 Å². The third-order valence-corrected chi connectivity index (χ3v) is 4.65. The van der Waals surface area contributed by atoms with E-state index in [1.165, 1.54) is 0 Å². The number of nitrogens with one attached hydrogen (secondary N) is 1. The van der Waals surface area contributed by atoms with E-state index in [9.17, 15) is 5.11 Å². The molecule has 0 amide bonds. The second-order valence-corrected chi connectivity index (χ2v) is 6.76. The van der Waals surface area contributed by atoms with Gasteiger partial charge in [-0.1, -0.05) is 25.4 Å². The summed E-state index contributed by atoms with van der Waals surface area (Å²) >= 11 is 9.56. The molecule has 1 aliphatic rings. The summed E-state index contributed by atoms with van der Waals surface area (Å²) < 4.78 is 6.49. The Labute approximate surface area is 127 Å². The highest BCUT2D eigenvalue weighted by atomic mass is 79.9. The lowest BCUT2D eigenvalue weighted by Gasteiger charge is -2.50. The predicted molar refractivity (Wildman–Crippen MR) is 82.1 cm³/mol. The van der Waals surface area contributed by atoms with Gasteiger partial charge in [0.2, 0.25) is 0 Å². The Kier molecular flexibility index (Phi) is 4.33. The van der Waals surface area contributed by atoms with Crippen LogP contribution in [-0.4, -0.2) is 23.9 Å². The molecule has 2 atom stereocenters. The predicted octanol–water partition coefficient (Wildman–Crippen LogP) is 4.07. The van der Waals surface area contributed by atoms with Gasteiger partial charge >= 0.3 is 0 Å². The van der Waals surface area contributed by atoms with Crippen molar-refractivity contribution < 1.29 is 9.84 Å². The number of aliphatic hydroxyl groups is 1. The number of hydrogen-bond acceptors (Lipinski definition) is 3. The smallest absolute Gasteiger partial charge is 0.156 e. The van der Waals surface area contributed by atoms with Gasteiger partial charge in [-0.05, 0) is 41.4 Å². The maximum atomic E-state index is 9.80. The molecule has 1 saturated carbocycles. The largest absolute Gasteiger partial charge is 0.491 e. The van der Waals surface area contributed by atoms with Crippen molar-refractivity contribution in [1.82, 2.24) is 0 Å². The minimum atomic E-state index is -0.261. The normalized spacial score (nSPS) is 24.7. The Bertz CT molecular complexity index is 479. The molecule has 2 unspecified atom stereocenters. The van der Waals surface area contributed by atoms with Crippen molar-refractivity contribution >= 4 is 33.2 Å². The van der Waals surface area contributed by atoms with Gasteiger partial charge in [0, 0.05) is 16.5 Å². The van der Waals surface area contributed by atoms with E-state index >= 15 is 0 Å². The summed E-state index contributed by atoms with van der Waals surface area (Å²) in [7, 11) is 0. The fraction of sp³-hybridized carbons (Fsp3) is 0.571. The van der Waals surface area contributed by atoms with E-state index in [1.807, 2.05) is 19.1 Å². The van der Waals surface area contributed by atoms with Gasteiger partial charge in [-0.15, -0.1) is 0 Å². The minimum Gasteiger partial charge on any atom is -0.491 e. The highest BCUT2D eigenvalue weighted by Crippen LogP contribution is 2.45. The van der Waals surface area contributed by atoms with Crippen LogP contribution >= 0.6 is 27.5 Å². The standard InChI is InChI=1S/C14H19BrClNO2/c1-4-19-13-9(15)5-8(16)6-10(13)17-11-7-12(18)14(11,2)3/h5-6,11-12,17-18H,4,7H2,1-3H3. The van der Waals surface area contributed by atoms with Crippen LogP contribution in [0.15, 0.2) is 16.6 Å². The Balaban J connectivity index is 2.24. The minimum absolute atomic E-state index is 0.141. The molecule has 1 fully saturated rings. The van der Waals surface area contributed by atoms with Crippen molar-refractivity contribution in [3.63, 3.8) is 0 Å². The van der Waals surface area contributed by atoms with Gasteiger partial charge in [-0.2, -0.15) is 0 Å². The van der Waals surface area contributed by atoms with E-state index in [4.69, 9.17) is 16.3 Å². The molecule has 0 saturated heterocycles. The van der Waals surface area contributed by atoms with Crippen LogP contribution in [0.3, 0.4) is 0 Å². The Morgan fingerprint density at radius 2 is 2.21 bits per heavy atom. The lowest BCUT2D eigenvalue weighted by Crippen LogP contribution is -2.56. The number of anilines is 1. The molecule has 5 heteroatoms. The monoisotopic (exact) mass is 347 g/mol. The molecule has 1 aliphatic carbocycles. The SMILES string of the molecule is CCOc1c(Br)cc(Cl)cc1NC1CC(O)C1(C)C. The molecule has 3 nitrogen and oxygen atoms in total. The molecule has 2 rings (SSSR count). The lowest BCUT2D eigenvalue weighted by atomic mass is 9.64. The third kappa shape index (κ3) is 2.86. The zero-order valence-electron chi connectivity index (χ0n) is 11.3. The fourth-order valence-electron chi connectivity index (χ4n) is 2.29. The number of hydrogen-bond donors (Lipinski definition) is 2. The van der Waals surface area contributed by atoms with Crippen molar-refractivity contribution in [3.8, 4) is 5.75 Å². The van der Waals surface area contributed by atoms with Crippen molar-refractivity contribution in [1.29, 1.82) is 0 Å². The van der Waals surface area contributed by atoms with Crippen LogP contribution in [0.25, 0.3) is 0 Å². The summed E-state index contributed by atoms with van der Waals surface area (Å²) in [6.07, 6.45) is 0.478. The number of aliphatic hydroxyl groups excluding tert-OH is 1. The van der Waals surface area contributed by atoms with Crippen LogP contribution in [0.4, 0.5) is 5.69 Å². The molecule has 1 aromatic rings. The maximum Gasteiger partial charge on any atom is 0.156 e. The molecular weight excluding hydrogens is 330 g/mol. The summed E-state index contributed by atoms with van der Waals surface area (Å²) in [4.78, 5) is 0. The Morgan fingerprint density at radius 3 is 2.74 bits per heavy atom. The van der Waals surface area contributed by atoms with E-state index < -0.39 is 0 Å². The van der Waals surface area contributed by atoms with Crippen molar-refractivity contribution in [2.45, 2.75) is 39.3 Å². The summed E-state index contributed by atoms with van der Waals surface area (Å²) in [6.45, 7) is 6.64. The first-order chi connectivity index (χ1) is 8.86. The first kappa shape index (κ1) is 14.9. The first-order valence-electron chi connectivity index (χ1n) is 6.42. The van der Waals surface area contributed by atoms with Gasteiger partial charge in [-0.3, -0.25) is 0 Å². The molecule has 0 aromatic heterocycles. The number of ether oxygens (including phenoxy) is 1. The molecule has 0 radical (unpaired) electrons. The van der Waals surface area contributed by atoms with Crippen LogP contribution in [0.1, 0.15) is 27.2 Å². The molecule has 19 heavy (non-hydrogen) atoms.